The normalized spacial score (nSPS) is 24.7. The Kier molecular flexibility index (Phi) is 7.53. The molecule has 3 fully saturated rings. The summed E-state index contributed by atoms with van der Waals surface area (Å²) in [5.74, 6) is 0.658. The van der Waals surface area contributed by atoms with Crippen molar-refractivity contribution in [2.75, 3.05) is 46.5 Å². The molecule has 158 valence electrons. The molecule has 3 saturated heterocycles. The fourth-order valence-electron chi connectivity index (χ4n) is 4.46. The van der Waals surface area contributed by atoms with Gasteiger partial charge in [0.1, 0.15) is 6.04 Å². The standard InChI is InChI=1S/C20H33N3O5/c1-27-20(26)23-9-3-2-4-17(23)18(24)21-14-15-5-10-22(11-6-15)19(25)16-7-12-28-13-8-16/h15-17H,2-14H2,1H3,(H,21,24). The van der Waals surface area contributed by atoms with Gasteiger partial charge in [-0.25, -0.2) is 4.79 Å². The highest BCUT2D eigenvalue weighted by atomic mass is 16.5. The van der Waals surface area contributed by atoms with Crippen LogP contribution < -0.4 is 5.32 Å². The number of nitrogens with one attached hydrogen (secondary N) is 1. The molecule has 1 N–H and O–H groups in total. The van der Waals surface area contributed by atoms with E-state index in [-0.39, 0.29) is 17.7 Å². The highest BCUT2D eigenvalue weighted by Crippen LogP contribution is 2.23. The van der Waals surface area contributed by atoms with Gasteiger partial charge < -0.3 is 19.7 Å². The van der Waals surface area contributed by atoms with E-state index in [1.807, 2.05) is 4.90 Å². The number of piperidine rings is 2. The van der Waals surface area contributed by atoms with Crippen LogP contribution in [0, 0.1) is 11.8 Å². The Morgan fingerprint density at radius 2 is 1.71 bits per heavy atom. The summed E-state index contributed by atoms with van der Waals surface area (Å²) in [7, 11) is 1.35. The Bertz CT molecular complexity index is 556. The summed E-state index contributed by atoms with van der Waals surface area (Å²) >= 11 is 0. The molecule has 0 aromatic rings. The van der Waals surface area contributed by atoms with Crippen molar-refractivity contribution >= 4 is 17.9 Å². The molecule has 1 atom stereocenters. The zero-order valence-electron chi connectivity index (χ0n) is 16.9. The average Bonchev–Trinajstić information content (AvgIpc) is 2.77. The molecule has 3 rings (SSSR count). The molecule has 0 saturated carbocycles. The summed E-state index contributed by atoms with van der Waals surface area (Å²) in [5, 5.41) is 3.03. The third-order valence-corrected chi connectivity index (χ3v) is 6.28. The maximum absolute atomic E-state index is 12.6. The summed E-state index contributed by atoms with van der Waals surface area (Å²) in [6, 6.07) is -0.434. The van der Waals surface area contributed by atoms with E-state index in [1.165, 1.54) is 12.0 Å². The lowest BCUT2D eigenvalue weighted by Crippen LogP contribution is -2.53. The molecular formula is C20H33N3O5. The smallest absolute Gasteiger partial charge is 0.410 e. The third-order valence-electron chi connectivity index (χ3n) is 6.28. The lowest BCUT2D eigenvalue weighted by atomic mass is 9.93. The summed E-state index contributed by atoms with van der Waals surface area (Å²) in [5.41, 5.74) is 0. The number of carbonyl (C=O) groups excluding carboxylic acids is 3. The lowest BCUT2D eigenvalue weighted by molar-refractivity contribution is -0.140. The summed E-state index contributed by atoms with van der Waals surface area (Å²) < 4.78 is 10.2. The SMILES string of the molecule is COC(=O)N1CCCCC1C(=O)NCC1CCN(C(=O)C2CCOCC2)CC1. The first kappa shape index (κ1) is 20.9. The fourth-order valence-corrected chi connectivity index (χ4v) is 4.46. The highest BCUT2D eigenvalue weighted by molar-refractivity contribution is 5.85. The second kappa shape index (κ2) is 10.1. The molecule has 0 bridgehead atoms. The molecule has 0 aromatic carbocycles. The Hall–Kier alpha value is -1.83. The number of likely N-dealkylation sites (tertiary alicyclic amines) is 2. The van der Waals surface area contributed by atoms with Crippen LogP contribution in [0.4, 0.5) is 4.79 Å². The van der Waals surface area contributed by atoms with Crippen LogP contribution in [0.2, 0.25) is 0 Å². The molecule has 0 aromatic heterocycles. The van der Waals surface area contributed by atoms with Gasteiger partial charge in [0, 0.05) is 45.3 Å². The highest BCUT2D eigenvalue weighted by Gasteiger charge is 2.34. The van der Waals surface area contributed by atoms with Crippen molar-refractivity contribution in [1.82, 2.24) is 15.1 Å². The van der Waals surface area contributed by atoms with Crippen LogP contribution in [0.15, 0.2) is 0 Å². The fraction of sp³-hybridized carbons (Fsp3) is 0.850. The van der Waals surface area contributed by atoms with E-state index in [0.29, 0.717) is 38.6 Å². The molecule has 8 heteroatoms. The van der Waals surface area contributed by atoms with Crippen molar-refractivity contribution in [2.45, 2.75) is 51.0 Å². The third kappa shape index (κ3) is 5.16. The molecule has 3 aliphatic heterocycles. The van der Waals surface area contributed by atoms with Crippen LogP contribution >= 0.6 is 0 Å². The van der Waals surface area contributed by atoms with Crippen molar-refractivity contribution in [3.63, 3.8) is 0 Å². The number of ether oxygens (including phenoxy) is 2. The monoisotopic (exact) mass is 395 g/mol. The van der Waals surface area contributed by atoms with E-state index in [4.69, 9.17) is 9.47 Å². The van der Waals surface area contributed by atoms with E-state index in [2.05, 4.69) is 5.32 Å². The number of hydrogen-bond donors (Lipinski definition) is 1. The lowest BCUT2D eigenvalue weighted by Gasteiger charge is -2.36. The van der Waals surface area contributed by atoms with Gasteiger partial charge in [-0.15, -0.1) is 0 Å². The van der Waals surface area contributed by atoms with E-state index in [1.54, 1.807) is 0 Å². The quantitative estimate of drug-likeness (QED) is 0.777. The summed E-state index contributed by atoms with van der Waals surface area (Å²) in [4.78, 5) is 40.6. The first-order valence-electron chi connectivity index (χ1n) is 10.6. The predicted octanol–water partition coefficient (Wildman–Crippen LogP) is 1.39. The number of rotatable bonds is 4. The van der Waals surface area contributed by atoms with Gasteiger partial charge >= 0.3 is 6.09 Å². The van der Waals surface area contributed by atoms with Crippen LogP contribution in [0.5, 0.6) is 0 Å². The largest absolute Gasteiger partial charge is 0.453 e. The minimum absolute atomic E-state index is 0.0918. The topological polar surface area (TPSA) is 88.2 Å². The maximum Gasteiger partial charge on any atom is 0.410 e. The molecule has 8 nitrogen and oxygen atoms in total. The van der Waals surface area contributed by atoms with Crippen LogP contribution in [-0.4, -0.2) is 80.3 Å². The second-order valence-electron chi connectivity index (χ2n) is 8.08. The van der Waals surface area contributed by atoms with Gasteiger partial charge in [-0.2, -0.15) is 0 Å². The van der Waals surface area contributed by atoms with Crippen molar-refractivity contribution in [1.29, 1.82) is 0 Å². The molecule has 28 heavy (non-hydrogen) atoms. The predicted molar refractivity (Wildman–Crippen MR) is 103 cm³/mol. The van der Waals surface area contributed by atoms with Crippen LogP contribution in [0.1, 0.15) is 44.9 Å². The number of carbonyl (C=O) groups is 3. The first-order chi connectivity index (χ1) is 13.6. The maximum atomic E-state index is 12.6. The Morgan fingerprint density at radius 1 is 1.00 bits per heavy atom. The Labute approximate surface area is 166 Å². The minimum Gasteiger partial charge on any atom is -0.453 e. The van der Waals surface area contributed by atoms with Crippen LogP contribution in [-0.2, 0) is 19.1 Å². The average molecular weight is 396 g/mol. The molecule has 0 aliphatic carbocycles. The second-order valence-corrected chi connectivity index (χ2v) is 8.08. The number of methoxy groups -OCH3 is 1. The first-order valence-corrected chi connectivity index (χ1v) is 10.6. The molecular weight excluding hydrogens is 362 g/mol. The van der Waals surface area contributed by atoms with Gasteiger partial charge in [0.2, 0.25) is 11.8 Å². The zero-order chi connectivity index (χ0) is 19.9. The van der Waals surface area contributed by atoms with Crippen molar-refractivity contribution in [3.8, 4) is 0 Å². The van der Waals surface area contributed by atoms with E-state index < -0.39 is 12.1 Å². The summed E-state index contributed by atoms with van der Waals surface area (Å²) in [6.45, 7) is 4.05. The molecule has 3 heterocycles. The molecule has 3 amide bonds. The zero-order valence-corrected chi connectivity index (χ0v) is 16.9. The number of amides is 3. The Balaban J connectivity index is 1.41. The molecule has 1 unspecified atom stereocenters. The summed E-state index contributed by atoms with van der Waals surface area (Å²) in [6.07, 6.45) is 5.55. The molecule has 0 spiro atoms. The van der Waals surface area contributed by atoms with Crippen molar-refractivity contribution in [3.05, 3.63) is 0 Å². The molecule has 3 aliphatic rings. The number of hydrogen-bond acceptors (Lipinski definition) is 5. The van der Waals surface area contributed by atoms with Gasteiger partial charge in [0.05, 0.1) is 7.11 Å². The van der Waals surface area contributed by atoms with Gasteiger partial charge in [0.15, 0.2) is 0 Å². The van der Waals surface area contributed by atoms with Gasteiger partial charge in [0.25, 0.3) is 0 Å². The van der Waals surface area contributed by atoms with Crippen LogP contribution in [0.25, 0.3) is 0 Å². The van der Waals surface area contributed by atoms with E-state index in [0.717, 1.165) is 51.6 Å². The minimum atomic E-state index is -0.434. The molecule has 0 radical (unpaired) electrons. The number of nitrogens with zero attached hydrogens (tertiary/aromatic N) is 2. The van der Waals surface area contributed by atoms with Gasteiger partial charge in [-0.1, -0.05) is 0 Å². The van der Waals surface area contributed by atoms with E-state index in [9.17, 15) is 14.4 Å². The van der Waals surface area contributed by atoms with Crippen molar-refractivity contribution < 1.29 is 23.9 Å². The van der Waals surface area contributed by atoms with Crippen LogP contribution in [0.3, 0.4) is 0 Å². The van der Waals surface area contributed by atoms with Gasteiger partial charge in [-0.3, -0.25) is 14.5 Å². The Morgan fingerprint density at radius 3 is 2.39 bits per heavy atom. The van der Waals surface area contributed by atoms with E-state index >= 15 is 0 Å². The van der Waals surface area contributed by atoms with Gasteiger partial charge in [-0.05, 0) is 50.9 Å². The van der Waals surface area contributed by atoms with Crippen molar-refractivity contribution in [2.24, 2.45) is 11.8 Å².